The van der Waals surface area contributed by atoms with Crippen molar-refractivity contribution in [1.82, 2.24) is 9.38 Å². The molecule has 6 heteroatoms. The first-order chi connectivity index (χ1) is 12.0. The first-order valence-electron chi connectivity index (χ1n) is 7.74. The van der Waals surface area contributed by atoms with Crippen LogP contribution in [0.5, 0.6) is 5.75 Å². The maximum absolute atomic E-state index is 13.0. The number of carbonyl (C=O) groups is 1. The van der Waals surface area contributed by atoms with Crippen molar-refractivity contribution < 1.29 is 13.9 Å². The van der Waals surface area contributed by atoms with Crippen molar-refractivity contribution in [1.29, 1.82) is 0 Å². The highest BCUT2D eigenvalue weighted by Crippen LogP contribution is 2.28. The molecule has 0 atom stereocenters. The van der Waals surface area contributed by atoms with E-state index in [2.05, 4.69) is 16.8 Å². The molecular weight excluding hydrogens is 321 g/mol. The Hall–Kier alpha value is -3.33. The quantitative estimate of drug-likeness (QED) is 0.730. The lowest BCUT2D eigenvalue weighted by atomic mass is 10.1. The molecule has 0 bridgehead atoms. The van der Waals surface area contributed by atoms with E-state index < -0.39 is 6.09 Å². The molecule has 0 radical (unpaired) electrons. The molecule has 0 spiro atoms. The number of hydrogen-bond donors (Lipinski definition) is 1. The molecule has 0 saturated heterocycles. The molecule has 3 rings (SSSR count). The number of fused-ring (bicyclic) bond motifs is 1. The molecule has 1 amide bonds. The number of amides is 1. The van der Waals surface area contributed by atoms with Gasteiger partial charge in [-0.15, -0.1) is 0 Å². The molecule has 1 aromatic carbocycles. The van der Waals surface area contributed by atoms with E-state index in [0.717, 1.165) is 11.3 Å². The Kier molecular flexibility index (Phi) is 4.40. The SMILES string of the molecule is CCc1cn2cc(C)nc2c(C#Cc2ccc(F)cc2)c1OC(N)=O. The van der Waals surface area contributed by atoms with E-state index in [0.29, 0.717) is 28.9 Å². The average molecular weight is 337 g/mol. The molecule has 5 nitrogen and oxygen atoms in total. The largest absolute Gasteiger partial charge is 0.410 e. The Balaban J connectivity index is 2.22. The van der Waals surface area contributed by atoms with Crippen LogP contribution in [0.2, 0.25) is 0 Å². The summed E-state index contributed by atoms with van der Waals surface area (Å²) in [6, 6.07) is 5.83. The maximum Gasteiger partial charge on any atom is 0.410 e. The van der Waals surface area contributed by atoms with Gasteiger partial charge in [-0.3, -0.25) is 0 Å². The van der Waals surface area contributed by atoms with Gasteiger partial charge in [0.25, 0.3) is 0 Å². The number of pyridine rings is 1. The van der Waals surface area contributed by atoms with Crippen LogP contribution in [-0.4, -0.2) is 15.5 Å². The Bertz CT molecular complexity index is 1010. The number of imidazole rings is 1. The van der Waals surface area contributed by atoms with Crippen molar-refractivity contribution in [3.8, 4) is 17.6 Å². The van der Waals surface area contributed by atoms with Gasteiger partial charge in [0.05, 0.1) is 5.69 Å². The van der Waals surface area contributed by atoms with Gasteiger partial charge >= 0.3 is 6.09 Å². The van der Waals surface area contributed by atoms with Gasteiger partial charge in [-0.05, 0) is 37.6 Å². The molecule has 126 valence electrons. The van der Waals surface area contributed by atoms with Crippen molar-refractivity contribution in [3.63, 3.8) is 0 Å². The Labute approximate surface area is 144 Å². The second-order valence-corrected chi connectivity index (χ2v) is 5.50. The molecule has 0 aliphatic rings. The average Bonchev–Trinajstić information content (AvgIpc) is 2.94. The van der Waals surface area contributed by atoms with Crippen molar-refractivity contribution in [3.05, 3.63) is 64.9 Å². The summed E-state index contributed by atoms with van der Waals surface area (Å²) in [7, 11) is 0. The van der Waals surface area contributed by atoms with Gasteiger partial charge in [0.2, 0.25) is 0 Å². The third kappa shape index (κ3) is 3.45. The van der Waals surface area contributed by atoms with Crippen LogP contribution in [0.1, 0.15) is 29.3 Å². The number of carbonyl (C=O) groups excluding carboxylic acids is 1. The third-order valence-corrected chi connectivity index (χ3v) is 3.65. The number of hydrogen-bond acceptors (Lipinski definition) is 3. The molecule has 2 aromatic heterocycles. The summed E-state index contributed by atoms with van der Waals surface area (Å²) >= 11 is 0. The van der Waals surface area contributed by atoms with Crippen LogP contribution in [0.4, 0.5) is 9.18 Å². The van der Waals surface area contributed by atoms with Gasteiger partial charge in [0.1, 0.15) is 11.4 Å². The van der Waals surface area contributed by atoms with Gasteiger partial charge < -0.3 is 14.9 Å². The van der Waals surface area contributed by atoms with Gasteiger partial charge in [-0.2, -0.15) is 0 Å². The van der Waals surface area contributed by atoms with Crippen molar-refractivity contribution >= 4 is 11.7 Å². The zero-order valence-corrected chi connectivity index (χ0v) is 13.8. The van der Waals surface area contributed by atoms with Crippen LogP contribution in [-0.2, 0) is 6.42 Å². The normalized spacial score (nSPS) is 10.4. The summed E-state index contributed by atoms with van der Waals surface area (Å²) in [6.45, 7) is 3.81. The predicted molar refractivity (Wildman–Crippen MR) is 91.9 cm³/mol. The Morgan fingerprint density at radius 2 is 2.00 bits per heavy atom. The standard InChI is InChI=1S/C19H16FN3O2/c1-3-14-11-23-10-12(2)22-18(23)16(17(14)25-19(21)24)9-6-13-4-7-15(20)8-5-13/h4-5,7-8,10-11H,3H2,1-2H3,(H2,21,24). The second kappa shape index (κ2) is 6.65. The smallest absolute Gasteiger partial charge is 0.409 e. The van der Waals surface area contributed by atoms with E-state index in [1.54, 1.807) is 12.1 Å². The van der Waals surface area contributed by atoms with Crippen LogP contribution in [0.3, 0.4) is 0 Å². The molecule has 0 aliphatic carbocycles. The van der Waals surface area contributed by atoms with Gasteiger partial charge in [-0.1, -0.05) is 18.8 Å². The van der Waals surface area contributed by atoms with Crippen molar-refractivity contribution in [2.45, 2.75) is 20.3 Å². The molecule has 2 N–H and O–H groups in total. The Morgan fingerprint density at radius 3 is 2.64 bits per heavy atom. The fraction of sp³-hybridized carbons (Fsp3) is 0.158. The van der Waals surface area contributed by atoms with Gasteiger partial charge in [0.15, 0.2) is 11.4 Å². The molecule has 25 heavy (non-hydrogen) atoms. The van der Waals surface area contributed by atoms with Crippen LogP contribution in [0.15, 0.2) is 36.7 Å². The summed E-state index contributed by atoms with van der Waals surface area (Å²) in [6.07, 6.45) is 3.43. The highest BCUT2D eigenvalue weighted by Gasteiger charge is 2.17. The van der Waals surface area contributed by atoms with Gasteiger partial charge in [0, 0.05) is 23.5 Å². The zero-order valence-electron chi connectivity index (χ0n) is 13.8. The van der Waals surface area contributed by atoms with Crippen LogP contribution >= 0.6 is 0 Å². The number of halogens is 1. The van der Waals surface area contributed by atoms with E-state index in [9.17, 15) is 9.18 Å². The lowest BCUT2D eigenvalue weighted by Gasteiger charge is -2.11. The molecule has 0 unspecified atom stereocenters. The lowest BCUT2D eigenvalue weighted by molar-refractivity contribution is 0.210. The lowest BCUT2D eigenvalue weighted by Crippen LogP contribution is -2.18. The number of benzene rings is 1. The summed E-state index contributed by atoms with van der Waals surface area (Å²) in [5.74, 6) is 5.93. The van der Waals surface area contributed by atoms with Crippen molar-refractivity contribution in [2.75, 3.05) is 0 Å². The number of aromatic nitrogens is 2. The summed E-state index contributed by atoms with van der Waals surface area (Å²) in [4.78, 5) is 15.8. The minimum Gasteiger partial charge on any atom is -0.409 e. The van der Waals surface area contributed by atoms with Crippen molar-refractivity contribution in [2.24, 2.45) is 5.73 Å². The van der Waals surface area contributed by atoms with Crippen LogP contribution in [0.25, 0.3) is 5.65 Å². The number of aryl methyl sites for hydroxylation is 2. The highest BCUT2D eigenvalue weighted by molar-refractivity contribution is 5.74. The first-order valence-corrected chi connectivity index (χ1v) is 7.74. The van der Waals surface area contributed by atoms with E-state index in [-0.39, 0.29) is 5.82 Å². The van der Waals surface area contributed by atoms with Crippen LogP contribution in [0, 0.1) is 24.6 Å². The van der Waals surface area contributed by atoms with Gasteiger partial charge in [-0.25, -0.2) is 14.2 Å². The molecule has 0 aliphatic heterocycles. The monoisotopic (exact) mass is 337 g/mol. The minimum absolute atomic E-state index is 0.308. The van der Waals surface area contributed by atoms with Crippen LogP contribution < -0.4 is 10.5 Å². The number of ether oxygens (including phenoxy) is 1. The zero-order chi connectivity index (χ0) is 18.0. The predicted octanol–water partition coefficient (Wildman–Crippen LogP) is 3.20. The highest BCUT2D eigenvalue weighted by atomic mass is 19.1. The summed E-state index contributed by atoms with van der Waals surface area (Å²) in [5.41, 5.74) is 8.48. The number of rotatable bonds is 2. The number of nitrogens with two attached hydrogens (primary N) is 1. The molecule has 0 fully saturated rings. The molecule has 0 saturated carbocycles. The van der Waals surface area contributed by atoms with E-state index in [4.69, 9.17) is 10.5 Å². The molecular formula is C19H16FN3O2. The van der Waals surface area contributed by atoms with E-state index >= 15 is 0 Å². The summed E-state index contributed by atoms with van der Waals surface area (Å²) < 4.78 is 20.1. The number of nitrogens with zero attached hydrogens (tertiary/aromatic N) is 2. The Morgan fingerprint density at radius 1 is 1.28 bits per heavy atom. The minimum atomic E-state index is -0.910. The maximum atomic E-state index is 13.0. The number of primary amides is 1. The third-order valence-electron chi connectivity index (χ3n) is 3.65. The first kappa shape index (κ1) is 16.5. The second-order valence-electron chi connectivity index (χ2n) is 5.50. The topological polar surface area (TPSA) is 69.6 Å². The molecule has 3 aromatic rings. The summed E-state index contributed by atoms with van der Waals surface area (Å²) in [5, 5.41) is 0. The fourth-order valence-corrected chi connectivity index (χ4v) is 2.54. The van der Waals surface area contributed by atoms with E-state index in [1.165, 1.54) is 12.1 Å². The van der Waals surface area contributed by atoms with E-state index in [1.807, 2.05) is 30.6 Å². The fourth-order valence-electron chi connectivity index (χ4n) is 2.54. The molecule has 2 heterocycles.